The monoisotopic (exact) mass is 535 g/mol. The summed E-state index contributed by atoms with van der Waals surface area (Å²) in [6, 6.07) is 8.51. The van der Waals surface area contributed by atoms with Crippen molar-refractivity contribution in [3.05, 3.63) is 77.9 Å². The van der Waals surface area contributed by atoms with Crippen molar-refractivity contribution in [2.24, 2.45) is 13.0 Å². The number of aromatic nitrogens is 7. The largest absolute Gasteiger partial charge is 0.273 e. The summed E-state index contributed by atoms with van der Waals surface area (Å²) < 4.78 is 5.96. The summed E-state index contributed by atoms with van der Waals surface area (Å²) in [5.41, 5.74) is 9.08. The average molecular weight is 536 g/mol. The fourth-order valence-corrected chi connectivity index (χ4v) is 5.58. The van der Waals surface area contributed by atoms with Gasteiger partial charge < -0.3 is 0 Å². The molecule has 1 aromatic carbocycles. The van der Waals surface area contributed by atoms with Crippen LogP contribution in [0.4, 0.5) is 0 Å². The summed E-state index contributed by atoms with van der Waals surface area (Å²) in [6.45, 7) is 22.4. The van der Waals surface area contributed by atoms with Gasteiger partial charge in [-0.25, -0.2) is 9.67 Å². The number of benzene rings is 1. The van der Waals surface area contributed by atoms with Crippen LogP contribution in [0.25, 0.3) is 38.9 Å². The highest BCUT2D eigenvalue weighted by atomic mass is 15.3. The Hall–Kier alpha value is -4.00. The molecular formula is C33H41N7. The van der Waals surface area contributed by atoms with E-state index < -0.39 is 0 Å². The Balaban J connectivity index is 1.69. The molecule has 7 nitrogen and oxygen atoms in total. The topological polar surface area (TPSA) is 66.3 Å². The Kier molecular flexibility index (Phi) is 7.02. The van der Waals surface area contributed by atoms with Crippen molar-refractivity contribution in [2.75, 3.05) is 0 Å². The molecule has 40 heavy (non-hydrogen) atoms. The van der Waals surface area contributed by atoms with Crippen molar-refractivity contribution >= 4 is 21.9 Å². The van der Waals surface area contributed by atoms with Gasteiger partial charge in [-0.3, -0.25) is 9.36 Å². The fourth-order valence-electron chi connectivity index (χ4n) is 5.58. The lowest BCUT2D eigenvalue weighted by Crippen LogP contribution is -2.18. The third-order valence-corrected chi connectivity index (χ3v) is 7.59. The third kappa shape index (κ3) is 4.89. The lowest BCUT2D eigenvalue weighted by Gasteiger charge is -2.22. The van der Waals surface area contributed by atoms with Crippen LogP contribution < -0.4 is 0 Å². The molecular weight excluding hydrogens is 494 g/mol. The molecule has 0 bridgehead atoms. The highest BCUT2D eigenvalue weighted by Gasteiger charge is 2.27. The summed E-state index contributed by atoms with van der Waals surface area (Å²) in [5, 5.41) is 16.9. The van der Waals surface area contributed by atoms with E-state index >= 15 is 0 Å². The molecule has 0 saturated heterocycles. The zero-order chi connectivity index (χ0) is 28.9. The van der Waals surface area contributed by atoms with Crippen LogP contribution in [0.5, 0.6) is 0 Å². The van der Waals surface area contributed by atoms with E-state index in [0.29, 0.717) is 0 Å². The Morgan fingerprint density at radius 1 is 1.07 bits per heavy atom. The van der Waals surface area contributed by atoms with Crippen LogP contribution in [0.2, 0.25) is 0 Å². The molecule has 0 aliphatic rings. The summed E-state index contributed by atoms with van der Waals surface area (Å²) in [7, 11) is 1.93. The number of hydrogen-bond donors (Lipinski definition) is 0. The average Bonchev–Trinajstić information content (AvgIpc) is 3.55. The summed E-state index contributed by atoms with van der Waals surface area (Å²) in [6.07, 6.45) is 8.29. The molecule has 4 aromatic heterocycles. The molecule has 208 valence electrons. The molecule has 0 saturated carbocycles. The second-order valence-electron chi connectivity index (χ2n) is 12.3. The maximum atomic E-state index is 5.32. The lowest BCUT2D eigenvalue weighted by atomic mass is 9.90. The van der Waals surface area contributed by atoms with Crippen LogP contribution >= 0.6 is 0 Å². The second-order valence-corrected chi connectivity index (χ2v) is 12.3. The van der Waals surface area contributed by atoms with Crippen molar-refractivity contribution in [3.8, 4) is 16.9 Å². The van der Waals surface area contributed by atoms with E-state index in [-0.39, 0.29) is 17.3 Å². The quantitative estimate of drug-likeness (QED) is 0.201. The Bertz CT molecular complexity index is 1750. The first-order chi connectivity index (χ1) is 18.9. The Morgan fingerprint density at radius 2 is 1.82 bits per heavy atom. The Morgan fingerprint density at radius 3 is 2.50 bits per heavy atom. The van der Waals surface area contributed by atoms with Gasteiger partial charge in [-0.05, 0) is 31.9 Å². The smallest absolute Gasteiger partial charge is 0.181 e. The first-order valence-electron chi connectivity index (χ1n) is 14.1. The van der Waals surface area contributed by atoms with Gasteiger partial charge in [0.1, 0.15) is 0 Å². The molecule has 0 spiro atoms. The molecule has 0 fully saturated rings. The fraction of sp³-hybridized carbons (Fsp3) is 0.394. The number of rotatable bonds is 7. The van der Waals surface area contributed by atoms with E-state index in [9.17, 15) is 0 Å². The molecule has 5 rings (SSSR count). The van der Waals surface area contributed by atoms with Crippen LogP contribution in [0.1, 0.15) is 71.3 Å². The number of pyridine rings is 1. The van der Waals surface area contributed by atoms with Crippen LogP contribution in [-0.2, 0) is 19.0 Å². The predicted molar refractivity (Wildman–Crippen MR) is 165 cm³/mol. The van der Waals surface area contributed by atoms with Crippen molar-refractivity contribution in [3.63, 3.8) is 0 Å². The van der Waals surface area contributed by atoms with Gasteiger partial charge in [0.15, 0.2) is 5.65 Å². The van der Waals surface area contributed by atoms with Gasteiger partial charge in [-0.1, -0.05) is 78.0 Å². The standard InChI is InChI=1S/C33H41N7/c1-11-13-21(4)22(5)17-39-19-26-25(14-12-15-27(26)35-39)30-29(20(2)3)23(6)40(36-30)28-16-24-18-38(10)37-32(24)34-31(28)33(7,8)9/h11-16,18-20,22H,4,17H2,1-3,5-10H3/b13-11-. The zero-order valence-electron chi connectivity index (χ0n) is 25.3. The SMILES string of the molecule is C=C(/C=C\C)C(C)Cn1cc2c(-c3nn(-c4cc5cn(C)nc5nc4C(C)(C)C)c(C)c3C(C)C)cccc2n1. The van der Waals surface area contributed by atoms with E-state index in [0.717, 1.165) is 62.4 Å². The highest BCUT2D eigenvalue weighted by molar-refractivity contribution is 5.94. The van der Waals surface area contributed by atoms with Crippen molar-refractivity contribution in [1.82, 2.24) is 34.3 Å². The minimum absolute atomic E-state index is 0.188. The van der Waals surface area contributed by atoms with Gasteiger partial charge in [0.05, 0.1) is 22.6 Å². The summed E-state index contributed by atoms with van der Waals surface area (Å²) in [4.78, 5) is 5.03. The van der Waals surface area contributed by atoms with Gasteiger partial charge in [0.2, 0.25) is 0 Å². The van der Waals surface area contributed by atoms with E-state index in [2.05, 4.69) is 101 Å². The van der Waals surface area contributed by atoms with Gasteiger partial charge in [0, 0.05) is 64.9 Å². The van der Waals surface area contributed by atoms with E-state index in [1.807, 2.05) is 35.6 Å². The molecule has 7 heteroatoms. The number of fused-ring (bicyclic) bond motifs is 2. The third-order valence-electron chi connectivity index (χ3n) is 7.59. The molecule has 1 unspecified atom stereocenters. The van der Waals surface area contributed by atoms with Crippen LogP contribution in [-0.4, -0.2) is 34.3 Å². The first kappa shape index (κ1) is 27.6. The van der Waals surface area contributed by atoms with Crippen molar-refractivity contribution in [2.45, 2.75) is 73.3 Å². The number of hydrogen-bond acceptors (Lipinski definition) is 4. The lowest BCUT2D eigenvalue weighted by molar-refractivity contribution is 0.512. The van der Waals surface area contributed by atoms with Crippen LogP contribution in [0, 0.1) is 12.8 Å². The second kappa shape index (κ2) is 10.2. The van der Waals surface area contributed by atoms with Gasteiger partial charge in [-0.2, -0.15) is 15.3 Å². The maximum Gasteiger partial charge on any atom is 0.181 e. The van der Waals surface area contributed by atoms with Crippen molar-refractivity contribution in [1.29, 1.82) is 0 Å². The number of nitrogens with zero attached hydrogens (tertiary/aromatic N) is 7. The zero-order valence-corrected chi connectivity index (χ0v) is 25.3. The first-order valence-corrected chi connectivity index (χ1v) is 14.1. The van der Waals surface area contributed by atoms with Gasteiger partial charge >= 0.3 is 0 Å². The van der Waals surface area contributed by atoms with Crippen LogP contribution in [0.15, 0.2) is 61.0 Å². The molecule has 5 aromatic rings. The summed E-state index contributed by atoms with van der Waals surface area (Å²) in [5.74, 6) is 0.568. The van der Waals surface area contributed by atoms with Crippen molar-refractivity contribution < 1.29 is 0 Å². The van der Waals surface area contributed by atoms with Gasteiger partial charge in [-0.15, -0.1) is 0 Å². The minimum atomic E-state index is -0.188. The van der Waals surface area contributed by atoms with E-state index in [4.69, 9.17) is 15.2 Å². The molecule has 0 radical (unpaired) electrons. The van der Waals surface area contributed by atoms with E-state index in [1.165, 1.54) is 5.56 Å². The van der Waals surface area contributed by atoms with Crippen LogP contribution in [0.3, 0.4) is 0 Å². The Labute approximate surface area is 237 Å². The van der Waals surface area contributed by atoms with E-state index in [1.54, 1.807) is 0 Å². The molecule has 0 N–H and O–H groups in total. The predicted octanol–water partition coefficient (Wildman–Crippen LogP) is 7.67. The molecule has 4 heterocycles. The maximum absolute atomic E-state index is 5.32. The molecule has 0 aliphatic heterocycles. The summed E-state index contributed by atoms with van der Waals surface area (Å²) >= 11 is 0. The highest BCUT2D eigenvalue weighted by Crippen LogP contribution is 2.38. The molecule has 0 amide bonds. The number of aryl methyl sites for hydroxylation is 1. The number of allylic oxidation sites excluding steroid dienone is 3. The minimum Gasteiger partial charge on any atom is -0.273 e. The molecule has 1 atom stereocenters. The van der Waals surface area contributed by atoms with Gasteiger partial charge in [0.25, 0.3) is 0 Å². The normalized spacial score (nSPS) is 13.3. The molecule has 0 aliphatic carbocycles.